The highest BCUT2D eigenvalue weighted by Gasteiger charge is 2.36. The number of carbonyl (C=O) groups excluding carboxylic acids is 2. The fraction of sp³-hybridized carbons (Fsp3) is 0.286. The maximum atomic E-state index is 12.9. The lowest BCUT2D eigenvalue weighted by Gasteiger charge is -2.23. The van der Waals surface area contributed by atoms with Crippen LogP contribution in [0, 0.1) is 5.82 Å². The number of carbonyl (C=O) groups is 2. The molecule has 1 saturated heterocycles. The van der Waals surface area contributed by atoms with E-state index in [1.54, 1.807) is 6.08 Å². The summed E-state index contributed by atoms with van der Waals surface area (Å²) >= 11 is 0. The minimum absolute atomic E-state index is 0.120. The van der Waals surface area contributed by atoms with Gasteiger partial charge in [0.15, 0.2) is 0 Å². The standard InChI is InChI=1S/C14H15FN2O2/c1-2-9-16-14(19)12-7-8-13(18)17(12)11-5-3-10(15)4-6-11/h2-6,12H,1,7-9H2,(H,16,19). The fourth-order valence-corrected chi connectivity index (χ4v) is 2.15. The smallest absolute Gasteiger partial charge is 0.243 e. The normalized spacial score (nSPS) is 18.5. The average molecular weight is 262 g/mol. The molecule has 1 atom stereocenters. The van der Waals surface area contributed by atoms with Crippen LogP contribution >= 0.6 is 0 Å². The molecule has 1 N–H and O–H groups in total. The molecule has 0 spiro atoms. The van der Waals surface area contributed by atoms with Crippen molar-refractivity contribution in [2.24, 2.45) is 0 Å². The molecule has 1 aromatic rings. The third-order valence-electron chi connectivity index (χ3n) is 3.04. The lowest BCUT2D eigenvalue weighted by atomic mass is 10.2. The highest BCUT2D eigenvalue weighted by Crippen LogP contribution is 2.26. The van der Waals surface area contributed by atoms with Crippen LogP contribution in [-0.2, 0) is 9.59 Å². The van der Waals surface area contributed by atoms with Crippen molar-refractivity contribution in [3.8, 4) is 0 Å². The second-order valence-electron chi connectivity index (χ2n) is 4.33. The summed E-state index contributed by atoms with van der Waals surface area (Å²) in [6.45, 7) is 3.89. The number of amides is 2. The van der Waals surface area contributed by atoms with Crippen molar-refractivity contribution in [3.63, 3.8) is 0 Å². The van der Waals surface area contributed by atoms with Gasteiger partial charge >= 0.3 is 0 Å². The SMILES string of the molecule is C=CCNC(=O)C1CCC(=O)N1c1ccc(F)cc1. The maximum Gasteiger partial charge on any atom is 0.243 e. The predicted molar refractivity (Wildman–Crippen MR) is 70.1 cm³/mol. The molecule has 0 bridgehead atoms. The first-order valence-corrected chi connectivity index (χ1v) is 6.09. The fourth-order valence-electron chi connectivity index (χ4n) is 2.15. The molecule has 2 rings (SSSR count). The summed E-state index contributed by atoms with van der Waals surface area (Å²) in [5.74, 6) is -0.705. The summed E-state index contributed by atoms with van der Waals surface area (Å²) in [6, 6.07) is 5.04. The Balaban J connectivity index is 2.20. The predicted octanol–water partition coefficient (Wildman–Crippen LogP) is 1.62. The van der Waals surface area contributed by atoms with Gasteiger partial charge in [0.2, 0.25) is 11.8 Å². The summed E-state index contributed by atoms with van der Waals surface area (Å²) in [5, 5.41) is 2.68. The summed E-state index contributed by atoms with van der Waals surface area (Å²) in [5.41, 5.74) is 0.544. The van der Waals surface area contributed by atoms with Crippen molar-refractivity contribution in [1.29, 1.82) is 0 Å². The van der Waals surface area contributed by atoms with Crippen LogP contribution in [0.2, 0.25) is 0 Å². The van der Waals surface area contributed by atoms with Gasteiger partial charge in [-0.1, -0.05) is 6.08 Å². The summed E-state index contributed by atoms with van der Waals surface area (Å²) < 4.78 is 12.9. The minimum Gasteiger partial charge on any atom is -0.351 e. The van der Waals surface area contributed by atoms with E-state index in [2.05, 4.69) is 11.9 Å². The Morgan fingerprint density at radius 3 is 2.79 bits per heavy atom. The molecule has 0 aromatic heterocycles. The molecule has 4 nitrogen and oxygen atoms in total. The van der Waals surface area contributed by atoms with Crippen LogP contribution < -0.4 is 10.2 Å². The van der Waals surface area contributed by atoms with Crippen LogP contribution in [0.5, 0.6) is 0 Å². The molecule has 0 radical (unpaired) electrons. The van der Waals surface area contributed by atoms with Crippen LogP contribution in [0.3, 0.4) is 0 Å². The Labute approximate surface area is 110 Å². The van der Waals surface area contributed by atoms with Gasteiger partial charge in [0.1, 0.15) is 11.9 Å². The van der Waals surface area contributed by atoms with Crippen molar-refractivity contribution in [2.45, 2.75) is 18.9 Å². The average Bonchev–Trinajstić information content (AvgIpc) is 2.79. The highest BCUT2D eigenvalue weighted by atomic mass is 19.1. The van der Waals surface area contributed by atoms with E-state index in [9.17, 15) is 14.0 Å². The molecule has 1 aromatic carbocycles. The van der Waals surface area contributed by atoms with Crippen molar-refractivity contribution in [1.82, 2.24) is 5.32 Å². The Hall–Kier alpha value is -2.17. The van der Waals surface area contributed by atoms with E-state index in [0.717, 1.165) is 0 Å². The topological polar surface area (TPSA) is 49.4 Å². The summed E-state index contributed by atoms with van der Waals surface area (Å²) in [4.78, 5) is 25.3. The monoisotopic (exact) mass is 262 g/mol. The van der Waals surface area contributed by atoms with Gasteiger partial charge in [-0.15, -0.1) is 6.58 Å². The number of hydrogen-bond acceptors (Lipinski definition) is 2. The minimum atomic E-state index is -0.530. The molecule has 5 heteroatoms. The number of nitrogens with zero attached hydrogens (tertiary/aromatic N) is 1. The third-order valence-corrected chi connectivity index (χ3v) is 3.04. The van der Waals surface area contributed by atoms with E-state index in [1.165, 1.54) is 29.2 Å². The van der Waals surface area contributed by atoms with Gasteiger partial charge in [0, 0.05) is 18.7 Å². The molecule has 19 heavy (non-hydrogen) atoms. The van der Waals surface area contributed by atoms with Crippen molar-refractivity contribution in [3.05, 3.63) is 42.7 Å². The van der Waals surface area contributed by atoms with Crippen molar-refractivity contribution in [2.75, 3.05) is 11.4 Å². The molecule has 1 heterocycles. The number of nitrogens with one attached hydrogen (secondary N) is 1. The van der Waals surface area contributed by atoms with Crippen LogP contribution in [-0.4, -0.2) is 24.4 Å². The van der Waals surface area contributed by atoms with Crippen molar-refractivity contribution >= 4 is 17.5 Å². The first kappa shape index (κ1) is 13.3. The van der Waals surface area contributed by atoms with Crippen LogP contribution in [0.15, 0.2) is 36.9 Å². The number of benzene rings is 1. The zero-order valence-electron chi connectivity index (χ0n) is 10.4. The van der Waals surface area contributed by atoms with Crippen molar-refractivity contribution < 1.29 is 14.0 Å². The molecular formula is C14H15FN2O2. The van der Waals surface area contributed by atoms with E-state index >= 15 is 0 Å². The number of hydrogen-bond donors (Lipinski definition) is 1. The summed E-state index contributed by atoms with van der Waals surface area (Å²) in [6.07, 6.45) is 2.37. The van der Waals surface area contributed by atoms with Gasteiger partial charge in [-0.3, -0.25) is 14.5 Å². The number of anilines is 1. The Morgan fingerprint density at radius 2 is 2.16 bits per heavy atom. The first-order valence-electron chi connectivity index (χ1n) is 6.09. The number of halogens is 1. The maximum absolute atomic E-state index is 12.9. The molecule has 0 saturated carbocycles. The Morgan fingerprint density at radius 1 is 1.47 bits per heavy atom. The van der Waals surface area contributed by atoms with Gasteiger partial charge < -0.3 is 5.32 Å². The van der Waals surface area contributed by atoms with E-state index in [-0.39, 0.29) is 17.6 Å². The largest absolute Gasteiger partial charge is 0.351 e. The zero-order chi connectivity index (χ0) is 13.8. The second-order valence-corrected chi connectivity index (χ2v) is 4.33. The van der Waals surface area contributed by atoms with E-state index < -0.39 is 6.04 Å². The van der Waals surface area contributed by atoms with Crippen LogP contribution in [0.25, 0.3) is 0 Å². The van der Waals surface area contributed by atoms with Gasteiger partial charge in [0.25, 0.3) is 0 Å². The van der Waals surface area contributed by atoms with Crippen LogP contribution in [0.1, 0.15) is 12.8 Å². The van der Waals surface area contributed by atoms with Gasteiger partial charge in [-0.05, 0) is 30.7 Å². The molecular weight excluding hydrogens is 247 g/mol. The lowest BCUT2D eigenvalue weighted by Crippen LogP contribution is -2.44. The molecule has 100 valence electrons. The molecule has 1 unspecified atom stereocenters. The first-order chi connectivity index (χ1) is 9.13. The molecule has 1 fully saturated rings. The van der Waals surface area contributed by atoms with Gasteiger partial charge in [0.05, 0.1) is 0 Å². The van der Waals surface area contributed by atoms with Gasteiger partial charge in [-0.2, -0.15) is 0 Å². The molecule has 1 aliphatic rings. The molecule has 0 aliphatic carbocycles. The molecule has 2 amide bonds. The lowest BCUT2D eigenvalue weighted by molar-refractivity contribution is -0.123. The van der Waals surface area contributed by atoms with E-state index in [1.807, 2.05) is 0 Å². The Bertz CT molecular complexity index is 499. The number of rotatable bonds is 4. The van der Waals surface area contributed by atoms with E-state index in [0.29, 0.717) is 25.1 Å². The second kappa shape index (κ2) is 5.65. The summed E-state index contributed by atoms with van der Waals surface area (Å²) in [7, 11) is 0. The van der Waals surface area contributed by atoms with Crippen LogP contribution in [0.4, 0.5) is 10.1 Å². The quantitative estimate of drug-likeness (QED) is 0.838. The third kappa shape index (κ3) is 2.81. The zero-order valence-corrected chi connectivity index (χ0v) is 10.4. The highest BCUT2D eigenvalue weighted by molar-refractivity contribution is 6.03. The van der Waals surface area contributed by atoms with Gasteiger partial charge in [-0.25, -0.2) is 4.39 Å². The van der Waals surface area contributed by atoms with E-state index in [4.69, 9.17) is 0 Å². The molecule has 1 aliphatic heterocycles. The Kier molecular flexibility index (Phi) is 3.94.